The monoisotopic (exact) mass is 273 g/mol. The van der Waals surface area contributed by atoms with Crippen LogP contribution in [0.15, 0.2) is 0 Å². The Morgan fingerprint density at radius 1 is 1.53 bits per heavy atom. The third-order valence-corrected chi connectivity index (χ3v) is 3.34. The van der Waals surface area contributed by atoms with Gasteiger partial charge in [-0.05, 0) is 12.8 Å². The summed E-state index contributed by atoms with van der Waals surface area (Å²) >= 11 is 3.99. The van der Waals surface area contributed by atoms with Crippen molar-refractivity contribution < 1.29 is 19.1 Å². The molecule has 3 atom stereocenters. The molecule has 3 unspecified atom stereocenters. The Kier molecular flexibility index (Phi) is 7.71. The van der Waals surface area contributed by atoms with Gasteiger partial charge in [0.05, 0.1) is 6.54 Å². The number of hydrogen-bond donors (Lipinski definition) is 2. The van der Waals surface area contributed by atoms with E-state index in [-0.39, 0.29) is 60.8 Å². The SMILES string of the molecule is CC(CS)C(=O)N1CC(F)CCC1C(=O)O.[NaH]. The molecular weight excluding hydrogens is 256 g/mol. The zero-order valence-corrected chi connectivity index (χ0v) is 9.99. The molecule has 1 N–H and O–H groups in total. The molecule has 17 heavy (non-hydrogen) atoms. The number of thiol groups is 1. The van der Waals surface area contributed by atoms with Crippen LogP contribution in [-0.4, -0.2) is 76.0 Å². The number of nitrogens with zero attached hydrogens (tertiary/aromatic N) is 1. The molecule has 0 radical (unpaired) electrons. The van der Waals surface area contributed by atoms with E-state index >= 15 is 0 Å². The maximum atomic E-state index is 13.2. The molecule has 0 spiro atoms. The maximum absolute atomic E-state index is 13.2. The summed E-state index contributed by atoms with van der Waals surface area (Å²) in [5, 5.41) is 8.96. The predicted octanol–water partition coefficient (Wildman–Crippen LogP) is 0.317. The van der Waals surface area contributed by atoms with Crippen molar-refractivity contribution in [2.75, 3.05) is 12.3 Å². The van der Waals surface area contributed by atoms with E-state index in [1.54, 1.807) is 6.92 Å². The van der Waals surface area contributed by atoms with Gasteiger partial charge in [-0.2, -0.15) is 12.6 Å². The van der Waals surface area contributed by atoms with Crippen LogP contribution in [-0.2, 0) is 9.59 Å². The van der Waals surface area contributed by atoms with E-state index < -0.39 is 18.2 Å². The third-order valence-electron chi connectivity index (χ3n) is 2.79. The second kappa shape index (κ2) is 7.61. The molecule has 4 nitrogen and oxygen atoms in total. The molecule has 1 rings (SSSR count). The molecular formula is C10H17FNNaO3S. The van der Waals surface area contributed by atoms with E-state index in [1.807, 2.05) is 0 Å². The van der Waals surface area contributed by atoms with Crippen molar-refractivity contribution in [1.29, 1.82) is 0 Å². The fourth-order valence-electron chi connectivity index (χ4n) is 1.79. The number of aliphatic carboxylic acids is 1. The summed E-state index contributed by atoms with van der Waals surface area (Å²) in [5.41, 5.74) is 0. The fraction of sp³-hybridized carbons (Fsp3) is 0.800. The summed E-state index contributed by atoms with van der Waals surface area (Å²) in [6.45, 7) is 1.55. The first-order valence-corrected chi connectivity index (χ1v) is 5.88. The van der Waals surface area contributed by atoms with Gasteiger partial charge >= 0.3 is 35.5 Å². The van der Waals surface area contributed by atoms with Crippen molar-refractivity contribution >= 4 is 54.1 Å². The van der Waals surface area contributed by atoms with E-state index in [9.17, 15) is 14.0 Å². The van der Waals surface area contributed by atoms with Gasteiger partial charge < -0.3 is 10.0 Å². The van der Waals surface area contributed by atoms with E-state index in [4.69, 9.17) is 5.11 Å². The second-order valence-electron chi connectivity index (χ2n) is 4.10. The van der Waals surface area contributed by atoms with Crippen molar-refractivity contribution in [3.63, 3.8) is 0 Å². The Morgan fingerprint density at radius 2 is 2.12 bits per heavy atom. The van der Waals surface area contributed by atoms with Gasteiger partial charge in [0, 0.05) is 11.7 Å². The first-order valence-electron chi connectivity index (χ1n) is 5.25. The van der Waals surface area contributed by atoms with Crippen LogP contribution in [0.2, 0.25) is 0 Å². The van der Waals surface area contributed by atoms with Gasteiger partial charge in [-0.25, -0.2) is 9.18 Å². The van der Waals surface area contributed by atoms with Crippen LogP contribution in [0.25, 0.3) is 0 Å². The average molecular weight is 273 g/mol. The van der Waals surface area contributed by atoms with Crippen molar-refractivity contribution in [1.82, 2.24) is 4.90 Å². The molecule has 1 aliphatic heterocycles. The number of alkyl halides is 1. The first-order chi connectivity index (χ1) is 7.47. The van der Waals surface area contributed by atoms with E-state index in [1.165, 1.54) is 0 Å². The molecule has 1 aliphatic rings. The van der Waals surface area contributed by atoms with Crippen LogP contribution in [0, 0.1) is 5.92 Å². The number of carbonyl (C=O) groups is 2. The average Bonchev–Trinajstić information content (AvgIpc) is 2.26. The molecule has 0 aliphatic carbocycles. The Labute approximate surface area is 128 Å². The topological polar surface area (TPSA) is 57.6 Å². The van der Waals surface area contributed by atoms with Crippen molar-refractivity contribution in [3.05, 3.63) is 0 Å². The van der Waals surface area contributed by atoms with Crippen LogP contribution >= 0.6 is 12.6 Å². The summed E-state index contributed by atoms with van der Waals surface area (Å²) in [6.07, 6.45) is -0.732. The number of likely N-dealkylation sites (tertiary alicyclic amines) is 1. The summed E-state index contributed by atoms with van der Waals surface area (Å²) in [6, 6.07) is -0.887. The first kappa shape index (κ1) is 17.2. The minimum absolute atomic E-state index is 0. The van der Waals surface area contributed by atoms with Gasteiger partial charge in [-0.15, -0.1) is 0 Å². The number of carboxylic acids is 1. The van der Waals surface area contributed by atoms with Crippen molar-refractivity contribution in [2.24, 2.45) is 5.92 Å². The number of carboxylic acid groups (broad SMARTS) is 1. The second-order valence-corrected chi connectivity index (χ2v) is 4.47. The van der Waals surface area contributed by atoms with E-state index in [0.29, 0.717) is 5.75 Å². The summed E-state index contributed by atoms with van der Waals surface area (Å²) < 4.78 is 13.2. The zero-order chi connectivity index (χ0) is 12.3. The molecule has 0 bridgehead atoms. The molecule has 0 aromatic carbocycles. The number of carbonyl (C=O) groups excluding carboxylic acids is 1. The Balaban J connectivity index is 0.00000256. The molecule has 0 saturated carbocycles. The van der Waals surface area contributed by atoms with Gasteiger partial charge in [-0.3, -0.25) is 4.79 Å². The molecule has 1 saturated heterocycles. The summed E-state index contributed by atoms with van der Waals surface area (Å²) in [5.74, 6) is -1.44. The van der Waals surface area contributed by atoms with Crippen LogP contribution in [0.3, 0.4) is 0 Å². The number of rotatable bonds is 3. The van der Waals surface area contributed by atoms with Gasteiger partial charge in [0.1, 0.15) is 12.2 Å². The normalized spacial score (nSPS) is 25.9. The molecule has 1 fully saturated rings. The summed E-state index contributed by atoms with van der Waals surface area (Å²) in [7, 11) is 0. The third kappa shape index (κ3) is 4.43. The Morgan fingerprint density at radius 3 is 2.59 bits per heavy atom. The Bertz CT molecular complexity index is 293. The standard InChI is InChI=1S/C10H16FNO3S.Na.H/c1-6(5-16)9(13)12-4-7(11)2-3-8(12)10(14)15;;/h6-8,16H,2-5H2,1H3,(H,14,15);;. The van der Waals surface area contributed by atoms with Crippen LogP contribution in [0.5, 0.6) is 0 Å². The quantitative estimate of drug-likeness (QED) is 0.575. The zero-order valence-electron chi connectivity index (χ0n) is 9.10. The van der Waals surface area contributed by atoms with Crippen molar-refractivity contribution in [3.8, 4) is 0 Å². The van der Waals surface area contributed by atoms with Crippen LogP contribution < -0.4 is 0 Å². The fourth-order valence-corrected chi connectivity index (χ4v) is 1.94. The molecule has 7 heteroatoms. The van der Waals surface area contributed by atoms with Gasteiger partial charge in [-0.1, -0.05) is 6.92 Å². The van der Waals surface area contributed by atoms with Gasteiger partial charge in [0.25, 0.3) is 0 Å². The van der Waals surface area contributed by atoms with Gasteiger partial charge in [0.15, 0.2) is 0 Å². The molecule has 0 aromatic rings. The van der Waals surface area contributed by atoms with Gasteiger partial charge in [0.2, 0.25) is 5.91 Å². The molecule has 1 heterocycles. The number of amides is 1. The van der Waals surface area contributed by atoms with Crippen LogP contribution in [0.1, 0.15) is 19.8 Å². The predicted molar refractivity (Wildman–Crippen MR) is 67.4 cm³/mol. The number of piperidine rings is 1. The van der Waals surface area contributed by atoms with Crippen LogP contribution in [0.4, 0.5) is 4.39 Å². The molecule has 94 valence electrons. The number of hydrogen-bond acceptors (Lipinski definition) is 3. The summed E-state index contributed by atoms with van der Waals surface area (Å²) in [4.78, 5) is 23.9. The Hall–Kier alpha value is 0.220. The molecule has 1 amide bonds. The van der Waals surface area contributed by atoms with E-state index in [2.05, 4.69) is 12.6 Å². The van der Waals surface area contributed by atoms with Crippen molar-refractivity contribution in [2.45, 2.75) is 32.0 Å². The van der Waals surface area contributed by atoms with E-state index in [0.717, 1.165) is 4.90 Å². The minimum atomic E-state index is -1.12. The number of halogens is 1. The molecule has 0 aromatic heterocycles.